The van der Waals surface area contributed by atoms with Crippen molar-refractivity contribution in [1.82, 2.24) is 0 Å². The van der Waals surface area contributed by atoms with Crippen LogP contribution in [-0.4, -0.2) is 18.0 Å². The number of phenols is 1. The number of carbonyl (C=O) groups excluding carboxylic acids is 1. The van der Waals surface area contributed by atoms with E-state index in [1.165, 1.54) is 0 Å². The van der Waals surface area contributed by atoms with E-state index in [1.54, 1.807) is 12.1 Å². The zero-order chi connectivity index (χ0) is 13.0. The normalized spacial score (nSPS) is 10.1. The molecule has 3 nitrogen and oxygen atoms in total. The third-order valence-corrected chi connectivity index (χ3v) is 2.67. The standard InChI is InChI=1S/C15H14O3/c1-2-18-15-13(10-16)12(8-9-14(15)17)11-6-4-3-5-7-11/h3-10,17H,2H2,1H3. The van der Waals surface area contributed by atoms with Gasteiger partial charge in [-0.1, -0.05) is 30.3 Å². The minimum atomic E-state index is -0.0152. The topological polar surface area (TPSA) is 46.5 Å². The molecule has 0 aromatic heterocycles. The smallest absolute Gasteiger partial charge is 0.172 e. The molecule has 0 atom stereocenters. The van der Waals surface area contributed by atoms with Gasteiger partial charge in [0.15, 0.2) is 17.8 Å². The van der Waals surface area contributed by atoms with Gasteiger partial charge < -0.3 is 9.84 Å². The van der Waals surface area contributed by atoms with Gasteiger partial charge in [0.2, 0.25) is 0 Å². The monoisotopic (exact) mass is 242 g/mol. The molecule has 18 heavy (non-hydrogen) atoms. The summed E-state index contributed by atoms with van der Waals surface area (Å²) in [5.74, 6) is 0.229. The summed E-state index contributed by atoms with van der Waals surface area (Å²) in [6.45, 7) is 2.20. The van der Waals surface area contributed by atoms with Crippen molar-refractivity contribution in [1.29, 1.82) is 0 Å². The van der Waals surface area contributed by atoms with Gasteiger partial charge in [-0.3, -0.25) is 4.79 Å². The Morgan fingerprint density at radius 2 is 1.89 bits per heavy atom. The van der Waals surface area contributed by atoms with Crippen LogP contribution in [0.4, 0.5) is 0 Å². The Kier molecular flexibility index (Phi) is 3.63. The molecule has 0 saturated carbocycles. The van der Waals surface area contributed by atoms with E-state index in [9.17, 15) is 9.90 Å². The second-order valence-corrected chi connectivity index (χ2v) is 3.79. The van der Waals surface area contributed by atoms with Gasteiger partial charge in [0.1, 0.15) is 0 Å². The number of phenolic OH excluding ortho intramolecular Hbond substituents is 1. The quantitative estimate of drug-likeness (QED) is 0.837. The summed E-state index contributed by atoms with van der Waals surface area (Å²) in [6.07, 6.45) is 0.715. The highest BCUT2D eigenvalue weighted by Gasteiger charge is 2.14. The fourth-order valence-corrected chi connectivity index (χ4v) is 1.87. The van der Waals surface area contributed by atoms with Crippen LogP contribution in [0, 0.1) is 0 Å². The number of hydrogen-bond donors (Lipinski definition) is 1. The molecule has 0 fully saturated rings. The largest absolute Gasteiger partial charge is 0.504 e. The van der Waals surface area contributed by atoms with Gasteiger partial charge in [-0.15, -0.1) is 0 Å². The lowest BCUT2D eigenvalue weighted by Gasteiger charge is -2.12. The van der Waals surface area contributed by atoms with Crippen molar-refractivity contribution >= 4 is 6.29 Å². The Morgan fingerprint density at radius 3 is 2.50 bits per heavy atom. The van der Waals surface area contributed by atoms with E-state index < -0.39 is 0 Å². The van der Waals surface area contributed by atoms with Crippen LogP contribution in [0.15, 0.2) is 42.5 Å². The summed E-state index contributed by atoms with van der Waals surface area (Å²) in [6, 6.07) is 12.8. The molecule has 1 N–H and O–H groups in total. The van der Waals surface area contributed by atoms with E-state index in [2.05, 4.69) is 0 Å². The van der Waals surface area contributed by atoms with E-state index in [4.69, 9.17) is 4.74 Å². The van der Waals surface area contributed by atoms with Crippen molar-refractivity contribution in [2.24, 2.45) is 0 Å². The van der Waals surface area contributed by atoms with Crippen molar-refractivity contribution in [3.05, 3.63) is 48.0 Å². The molecule has 2 aromatic carbocycles. The summed E-state index contributed by atoms with van der Waals surface area (Å²) in [4.78, 5) is 11.3. The van der Waals surface area contributed by atoms with Crippen LogP contribution in [0.5, 0.6) is 11.5 Å². The van der Waals surface area contributed by atoms with Crippen molar-refractivity contribution in [3.63, 3.8) is 0 Å². The van der Waals surface area contributed by atoms with E-state index >= 15 is 0 Å². The molecule has 2 rings (SSSR count). The molecule has 0 radical (unpaired) electrons. The van der Waals surface area contributed by atoms with Crippen LogP contribution in [0.1, 0.15) is 17.3 Å². The van der Waals surface area contributed by atoms with Gasteiger partial charge in [-0.25, -0.2) is 0 Å². The van der Waals surface area contributed by atoms with Crippen molar-refractivity contribution in [2.45, 2.75) is 6.92 Å². The Labute approximate surface area is 106 Å². The number of rotatable bonds is 4. The lowest BCUT2D eigenvalue weighted by atomic mass is 9.99. The maximum atomic E-state index is 11.3. The van der Waals surface area contributed by atoms with Crippen molar-refractivity contribution < 1.29 is 14.6 Å². The van der Waals surface area contributed by atoms with Crippen LogP contribution >= 0.6 is 0 Å². The summed E-state index contributed by atoms with van der Waals surface area (Å²) in [5.41, 5.74) is 2.05. The molecule has 3 heteroatoms. The minimum absolute atomic E-state index is 0.0152. The van der Waals surface area contributed by atoms with Gasteiger partial charge in [-0.2, -0.15) is 0 Å². The van der Waals surface area contributed by atoms with Crippen molar-refractivity contribution in [2.75, 3.05) is 6.61 Å². The van der Waals surface area contributed by atoms with Crippen LogP contribution < -0.4 is 4.74 Å². The number of benzene rings is 2. The van der Waals surface area contributed by atoms with Crippen LogP contribution in [0.3, 0.4) is 0 Å². The molecular formula is C15H14O3. The SMILES string of the molecule is CCOc1c(O)ccc(-c2ccccc2)c1C=O. The highest BCUT2D eigenvalue weighted by molar-refractivity contribution is 5.92. The van der Waals surface area contributed by atoms with Gasteiger partial charge in [0.25, 0.3) is 0 Å². The van der Waals surface area contributed by atoms with Crippen LogP contribution in [0.2, 0.25) is 0 Å². The maximum Gasteiger partial charge on any atom is 0.172 e. The number of ether oxygens (including phenoxy) is 1. The van der Waals surface area contributed by atoms with E-state index in [0.29, 0.717) is 18.5 Å². The zero-order valence-electron chi connectivity index (χ0n) is 10.1. The van der Waals surface area contributed by atoms with Gasteiger partial charge in [0.05, 0.1) is 12.2 Å². The molecule has 0 aliphatic carbocycles. The Bertz CT molecular complexity index is 547. The first-order valence-electron chi connectivity index (χ1n) is 5.77. The zero-order valence-corrected chi connectivity index (χ0v) is 10.1. The van der Waals surface area contributed by atoms with Gasteiger partial charge in [0, 0.05) is 0 Å². The van der Waals surface area contributed by atoms with E-state index in [0.717, 1.165) is 11.1 Å². The average molecular weight is 242 g/mol. The molecule has 0 amide bonds. The molecule has 0 bridgehead atoms. The molecule has 0 saturated heterocycles. The highest BCUT2D eigenvalue weighted by Crippen LogP contribution is 2.36. The summed E-state index contributed by atoms with van der Waals surface area (Å²) >= 11 is 0. The fraction of sp³-hybridized carbons (Fsp3) is 0.133. The van der Waals surface area contributed by atoms with Gasteiger partial charge in [-0.05, 0) is 30.2 Å². The number of hydrogen-bond acceptors (Lipinski definition) is 3. The highest BCUT2D eigenvalue weighted by atomic mass is 16.5. The average Bonchev–Trinajstić information content (AvgIpc) is 2.42. The minimum Gasteiger partial charge on any atom is -0.504 e. The van der Waals surface area contributed by atoms with Crippen LogP contribution in [-0.2, 0) is 0 Å². The molecular weight excluding hydrogens is 228 g/mol. The third kappa shape index (κ3) is 2.20. The molecule has 0 unspecified atom stereocenters. The second kappa shape index (κ2) is 5.36. The van der Waals surface area contributed by atoms with Gasteiger partial charge >= 0.3 is 0 Å². The third-order valence-electron chi connectivity index (χ3n) is 2.67. The maximum absolute atomic E-state index is 11.3. The first kappa shape index (κ1) is 12.2. The lowest BCUT2D eigenvalue weighted by Crippen LogP contribution is -1.98. The Balaban J connectivity index is 2.62. The molecule has 2 aromatic rings. The summed E-state index contributed by atoms with van der Waals surface area (Å²) in [7, 11) is 0. The van der Waals surface area contributed by atoms with Crippen molar-refractivity contribution in [3.8, 4) is 22.6 Å². The predicted molar refractivity (Wildman–Crippen MR) is 70.1 cm³/mol. The Hall–Kier alpha value is -2.29. The predicted octanol–water partition coefficient (Wildman–Crippen LogP) is 3.27. The first-order chi connectivity index (χ1) is 8.77. The van der Waals surface area contributed by atoms with Crippen LogP contribution in [0.25, 0.3) is 11.1 Å². The second-order valence-electron chi connectivity index (χ2n) is 3.79. The van der Waals surface area contributed by atoms with E-state index in [-0.39, 0.29) is 11.5 Å². The first-order valence-corrected chi connectivity index (χ1v) is 5.77. The lowest BCUT2D eigenvalue weighted by molar-refractivity contribution is 0.111. The number of aromatic hydroxyl groups is 1. The molecule has 0 heterocycles. The number of aldehydes is 1. The summed E-state index contributed by atoms with van der Waals surface area (Å²) < 4.78 is 5.34. The fourth-order valence-electron chi connectivity index (χ4n) is 1.87. The molecule has 92 valence electrons. The molecule has 0 aliphatic heterocycles. The molecule has 0 aliphatic rings. The summed E-state index contributed by atoms with van der Waals surface area (Å²) in [5, 5.41) is 9.74. The molecule has 0 spiro atoms. The van der Waals surface area contributed by atoms with E-state index in [1.807, 2.05) is 37.3 Å². The Morgan fingerprint density at radius 1 is 1.17 bits per heavy atom. The number of carbonyl (C=O) groups is 1.